The number of furan rings is 1. The number of likely N-dealkylation sites (N-methyl/N-ethyl adjacent to an activating group) is 1. The van der Waals surface area contributed by atoms with Gasteiger partial charge in [0.15, 0.2) is 0 Å². The number of amides is 2. The molecule has 0 aliphatic heterocycles. The molecular formula is C17H21N3O3. The van der Waals surface area contributed by atoms with Crippen molar-refractivity contribution in [3.05, 3.63) is 54.0 Å². The number of aryl methyl sites for hydroxylation is 1. The van der Waals surface area contributed by atoms with Gasteiger partial charge >= 0.3 is 11.8 Å². The molecule has 0 bridgehead atoms. The molecule has 1 atom stereocenters. The highest BCUT2D eigenvalue weighted by Crippen LogP contribution is 2.17. The second-order valence-corrected chi connectivity index (χ2v) is 5.53. The molecule has 0 aliphatic rings. The maximum atomic E-state index is 11.9. The number of hydrogen-bond acceptors (Lipinski definition) is 4. The quantitative estimate of drug-likeness (QED) is 0.827. The molecule has 6 heteroatoms. The van der Waals surface area contributed by atoms with Crippen LogP contribution >= 0.6 is 0 Å². The van der Waals surface area contributed by atoms with E-state index in [9.17, 15) is 9.59 Å². The summed E-state index contributed by atoms with van der Waals surface area (Å²) in [6.07, 6.45) is 1.58. The molecule has 1 heterocycles. The average molecular weight is 315 g/mol. The van der Waals surface area contributed by atoms with E-state index in [2.05, 4.69) is 10.6 Å². The number of carbonyl (C=O) groups is 2. The number of benzene rings is 1. The number of nitrogens with one attached hydrogen (secondary N) is 2. The number of nitrogens with zero attached hydrogens (tertiary/aromatic N) is 1. The van der Waals surface area contributed by atoms with E-state index in [1.807, 2.05) is 44.1 Å². The second kappa shape index (κ2) is 7.60. The van der Waals surface area contributed by atoms with Crippen molar-refractivity contribution in [2.45, 2.75) is 13.0 Å². The molecule has 0 spiro atoms. The van der Waals surface area contributed by atoms with Crippen LogP contribution in [-0.2, 0) is 9.59 Å². The number of carbonyl (C=O) groups excluding carboxylic acids is 2. The van der Waals surface area contributed by atoms with Gasteiger partial charge in [-0.3, -0.25) is 14.5 Å². The van der Waals surface area contributed by atoms with E-state index in [-0.39, 0.29) is 12.6 Å². The minimum absolute atomic E-state index is 0.138. The van der Waals surface area contributed by atoms with Crippen molar-refractivity contribution >= 4 is 17.5 Å². The fourth-order valence-electron chi connectivity index (χ4n) is 2.11. The van der Waals surface area contributed by atoms with Crippen LogP contribution in [0.3, 0.4) is 0 Å². The van der Waals surface area contributed by atoms with Crippen LogP contribution in [0.4, 0.5) is 5.69 Å². The molecule has 0 radical (unpaired) electrons. The highest BCUT2D eigenvalue weighted by molar-refractivity contribution is 6.39. The molecule has 2 amide bonds. The Kier molecular flexibility index (Phi) is 5.54. The lowest BCUT2D eigenvalue weighted by Gasteiger charge is -2.22. The Morgan fingerprint density at radius 2 is 1.83 bits per heavy atom. The van der Waals surface area contributed by atoms with E-state index < -0.39 is 11.8 Å². The Morgan fingerprint density at radius 1 is 1.13 bits per heavy atom. The van der Waals surface area contributed by atoms with Crippen molar-refractivity contribution in [2.24, 2.45) is 0 Å². The topological polar surface area (TPSA) is 74.6 Å². The molecular weight excluding hydrogens is 294 g/mol. The molecule has 2 aromatic rings. The van der Waals surface area contributed by atoms with Crippen molar-refractivity contribution < 1.29 is 14.0 Å². The first-order valence-electron chi connectivity index (χ1n) is 7.33. The third kappa shape index (κ3) is 4.69. The van der Waals surface area contributed by atoms with Crippen molar-refractivity contribution in [1.29, 1.82) is 0 Å². The molecule has 6 nitrogen and oxygen atoms in total. The summed E-state index contributed by atoms with van der Waals surface area (Å²) in [5, 5.41) is 5.20. The van der Waals surface area contributed by atoms with E-state index >= 15 is 0 Å². The molecule has 2 N–H and O–H groups in total. The van der Waals surface area contributed by atoms with Crippen LogP contribution in [-0.4, -0.2) is 37.4 Å². The summed E-state index contributed by atoms with van der Waals surface area (Å²) >= 11 is 0. The summed E-state index contributed by atoms with van der Waals surface area (Å²) in [6, 6.07) is 10.7. The Balaban J connectivity index is 1.90. The van der Waals surface area contributed by atoms with Gasteiger partial charge in [0.05, 0.1) is 12.3 Å². The van der Waals surface area contributed by atoms with Gasteiger partial charge in [0.2, 0.25) is 0 Å². The van der Waals surface area contributed by atoms with Gasteiger partial charge in [-0.15, -0.1) is 0 Å². The lowest BCUT2D eigenvalue weighted by atomic mass is 10.2. The summed E-state index contributed by atoms with van der Waals surface area (Å²) in [5.74, 6) is -0.635. The predicted molar refractivity (Wildman–Crippen MR) is 88.0 cm³/mol. The molecule has 122 valence electrons. The zero-order chi connectivity index (χ0) is 16.8. The number of anilines is 1. The largest absolute Gasteiger partial charge is 0.468 e. The maximum absolute atomic E-state index is 11.9. The first kappa shape index (κ1) is 16.8. The fourth-order valence-corrected chi connectivity index (χ4v) is 2.11. The minimum atomic E-state index is -0.689. The van der Waals surface area contributed by atoms with Crippen LogP contribution in [0.15, 0.2) is 47.1 Å². The van der Waals surface area contributed by atoms with E-state index in [4.69, 9.17) is 4.42 Å². The third-order valence-electron chi connectivity index (χ3n) is 3.47. The van der Waals surface area contributed by atoms with Gasteiger partial charge in [-0.25, -0.2) is 0 Å². The fraction of sp³-hybridized carbons (Fsp3) is 0.294. The highest BCUT2D eigenvalue weighted by Gasteiger charge is 2.20. The van der Waals surface area contributed by atoms with E-state index in [0.29, 0.717) is 5.69 Å². The van der Waals surface area contributed by atoms with Gasteiger partial charge in [-0.2, -0.15) is 0 Å². The normalized spacial score (nSPS) is 12.0. The number of rotatable bonds is 5. The summed E-state index contributed by atoms with van der Waals surface area (Å²) in [7, 11) is 3.76. The zero-order valence-electron chi connectivity index (χ0n) is 13.5. The zero-order valence-corrected chi connectivity index (χ0v) is 13.5. The van der Waals surface area contributed by atoms with Crippen LogP contribution in [0.25, 0.3) is 0 Å². The molecule has 1 aromatic carbocycles. The number of hydrogen-bond donors (Lipinski definition) is 2. The summed E-state index contributed by atoms with van der Waals surface area (Å²) in [5.41, 5.74) is 1.67. The van der Waals surface area contributed by atoms with Gasteiger partial charge in [0.1, 0.15) is 5.76 Å². The highest BCUT2D eigenvalue weighted by atomic mass is 16.3. The van der Waals surface area contributed by atoms with Crippen molar-refractivity contribution in [1.82, 2.24) is 10.2 Å². The molecule has 1 aromatic heterocycles. The van der Waals surface area contributed by atoms with Crippen LogP contribution in [0, 0.1) is 6.92 Å². The third-order valence-corrected chi connectivity index (χ3v) is 3.47. The van der Waals surface area contributed by atoms with Crippen LogP contribution in [0.1, 0.15) is 17.4 Å². The molecule has 0 fully saturated rings. The molecule has 1 unspecified atom stereocenters. The molecule has 0 saturated carbocycles. The van der Waals surface area contributed by atoms with Crippen molar-refractivity contribution in [3.63, 3.8) is 0 Å². The van der Waals surface area contributed by atoms with Gasteiger partial charge in [-0.05, 0) is 45.3 Å². The van der Waals surface area contributed by atoms with Crippen LogP contribution in [0.2, 0.25) is 0 Å². The summed E-state index contributed by atoms with van der Waals surface area (Å²) < 4.78 is 5.36. The Bertz CT molecular complexity index is 648. The second-order valence-electron chi connectivity index (χ2n) is 5.53. The van der Waals surface area contributed by atoms with E-state index in [1.54, 1.807) is 24.5 Å². The van der Waals surface area contributed by atoms with Gasteiger partial charge in [0, 0.05) is 12.2 Å². The van der Waals surface area contributed by atoms with Gasteiger partial charge in [0.25, 0.3) is 0 Å². The average Bonchev–Trinajstić information content (AvgIpc) is 3.03. The summed E-state index contributed by atoms with van der Waals surface area (Å²) in [4.78, 5) is 25.8. The lowest BCUT2D eigenvalue weighted by molar-refractivity contribution is -0.136. The summed E-state index contributed by atoms with van der Waals surface area (Å²) in [6.45, 7) is 2.23. The molecule has 0 aliphatic carbocycles. The monoisotopic (exact) mass is 315 g/mol. The van der Waals surface area contributed by atoms with E-state index in [0.717, 1.165) is 11.3 Å². The molecule has 23 heavy (non-hydrogen) atoms. The first-order valence-corrected chi connectivity index (χ1v) is 7.33. The molecule has 2 rings (SSSR count). The maximum Gasteiger partial charge on any atom is 0.313 e. The Hall–Kier alpha value is -2.60. The van der Waals surface area contributed by atoms with Crippen molar-refractivity contribution in [3.8, 4) is 0 Å². The van der Waals surface area contributed by atoms with Gasteiger partial charge in [-0.1, -0.05) is 17.7 Å². The lowest BCUT2D eigenvalue weighted by Crippen LogP contribution is -2.40. The van der Waals surface area contributed by atoms with Crippen LogP contribution in [0.5, 0.6) is 0 Å². The SMILES string of the molecule is Cc1ccc(NC(=O)C(=O)NCC(c2ccco2)N(C)C)cc1. The predicted octanol–water partition coefficient (Wildman–Crippen LogP) is 1.95. The van der Waals surface area contributed by atoms with Gasteiger partial charge < -0.3 is 15.1 Å². The minimum Gasteiger partial charge on any atom is -0.468 e. The standard InChI is InChI=1S/C17H21N3O3/c1-12-6-8-13(9-7-12)19-17(22)16(21)18-11-14(20(2)3)15-5-4-10-23-15/h4-10,14H,11H2,1-3H3,(H,18,21)(H,19,22). The smallest absolute Gasteiger partial charge is 0.313 e. The first-order chi connectivity index (χ1) is 11.0. The van der Waals surface area contributed by atoms with Crippen molar-refractivity contribution in [2.75, 3.05) is 26.0 Å². The Labute approximate surface area is 135 Å². The van der Waals surface area contributed by atoms with E-state index in [1.165, 1.54) is 0 Å². The molecule has 0 saturated heterocycles. The Morgan fingerprint density at radius 3 is 2.39 bits per heavy atom. The van der Waals surface area contributed by atoms with Crippen LogP contribution < -0.4 is 10.6 Å².